The molecule has 47 heavy (non-hydrogen) atoms. The van der Waals surface area contributed by atoms with Crippen LogP contribution < -0.4 is 0 Å². The minimum Gasteiger partial charge on any atom is -0.228 e. The normalized spacial score (nSPS) is 12.9. The van der Waals surface area contributed by atoms with Gasteiger partial charge in [0.05, 0.1) is 16.8 Å². The second-order valence-corrected chi connectivity index (χ2v) is 12.1. The molecule has 2 nitrogen and oxygen atoms in total. The van der Waals surface area contributed by atoms with Gasteiger partial charge in [-0.25, -0.2) is 9.97 Å². The summed E-state index contributed by atoms with van der Waals surface area (Å²) in [6.07, 6.45) is 0. The Morgan fingerprint density at radius 1 is 0.383 bits per heavy atom. The van der Waals surface area contributed by atoms with Crippen LogP contribution in [0.1, 0.15) is 22.3 Å². The first-order chi connectivity index (χ1) is 23.3. The fourth-order valence-electron chi connectivity index (χ4n) is 7.51. The Bertz CT molecular complexity index is 2280. The molecule has 1 aliphatic rings. The second kappa shape index (κ2) is 11.0. The summed E-state index contributed by atoms with van der Waals surface area (Å²) in [7, 11) is 0. The van der Waals surface area contributed by atoms with E-state index in [9.17, 15) is 0 Å². The van der Waals surface area contributed by atoms with Crippen LogP contribution in [0.5, 0.6) is 0 Å². The summed E-state index contributed by atoms with van der Waals surface area (Å²) < 4.78 is 0. The van der Waals surface area contributed by atoms with Crippen LogP contribution in [-0.4, -0.2) is 9.97 Å². The molecule has 7 aromatic carbocycles. The van der Waals surface area contributed by atoms with E-state index in [2.05, 4.69) is 170 Å². The van der Waals surface area contributed by atoms with Crippen LogP contribution in [0, 0.1) is 0 Å². The molecule has 0 saturated carbocycles. The smallest absolute Gasteiger partial charge is 0.160 e. The summed E-state index contributed by atoms with van der Waals surface area (Å²) >= 11 is 0. The van der Waals surface area contributed by atoms with Crippen LogP contribution in [0.4, 0.5) is 0 Å². The van der Waals surface area contributed by atoms with Crippen molar-refractivity contribution in [2.45, 2.75) is 5.41 Å². The fourth-order valence-corrected chi connectivity index (χ4v) is 7.51. The zero-order chi connectivity index (χ0) is 31.2. The SMILES string of the molecule is c1ccc(-c2cc(-c3ccccc3)nc(-c3ccc4c5c(ccc4c3)-c3ccccc3C5(c3ccccc3)c3ccccc3)n2)cc1. The van der Waals surface area contributed by atoms with Crippen molar-refractivity contribution >= 4 is 10.8 Å². The third-order valence-electron chi connectivity index (χ3n) is 9.55. The summed E-state index contributed by atoms with van der Waals surface area (Å²) in [4.78, 5) is 10.2. The number of nitrogens with zero attached hydrogens (tertiary/aromatic N) is 2. The maximum absolute atomic E-state index is 5.12. The summed E-state index contributed by atoms with van der Waals surface area (Å²) in [5, 5.41) is 2.40. The van der Waals surface area contributed by atoms with Crippen molar-refractivity contribution < 1.29 is 0 Å². The minimum atomic E-state index is -0.459. The van der Waals surface area contributed by atoms with Gasteiger partial charge in [0, 0.05) is 16.7 Å². The van der Waals surface area contributed by atoms with Crippen LogP contribution in [0.15, 0.2) is 182 Å². The molecule has 0 radical (unpaired) electrons. The summed E-state index contributed by atoms with van der Waals surface area (Å²) in [6.45, 7) is 0. The van der Waals surface area contributed by atoms with Gasteiger partial charge in [-0.3, -0.25) is 0 Å². The van der Waals surface area contributed by atoms with E-state index in [1.807, 2.05) is 12.1 Å². The van der Waals surface area contributed by atoms with Crippen LogP contribution in [0.2, 0.25) is 0 Å². The summed E-state index contributed by atoms with van der Waals surface area (Å²) in [6, 6.07) is 65.0. The number of benzene rings is 7. The van der Waals surface area contributed by atoms with Crippen molar-refractivity contribution in [1.82, 2.24) is 9.97 Å². The lowest BCUT2D eigenvalue weighted by atomic mass is 9.66. The van der Waals surface area contributed by atoms with Crippen molar-refractivity contribution in [2.75, 3.05) is 0 Å². The van der Waals surface area contributed by atoms with Crippen molar-refractivity contribution in [3.8, 4) is 45.0 Å². The molecular weight excluding hydrogens is 569 g/mol. The Morgan fingerprint density at radius 3 is 1.51 bits per heavy atom. The molecule has 0 fully saturated rings. The predicted octanol–water partition coefficient (Wildman–Crippen LogP) is 11.0. The van der Waals surface area contributed by atoms with Gasteiger partial charge in [-0.15, -0.1) is 0 Å². The number of hydrogen-bond donors (Lipinski definition) is 0. The Hall–Kier alpha value is -6.12. The van der Waals surface area contributed by atoms with E-state index in [0.29, 0.717) is 5.82 Å². The highest BCUT2D eigenvalue weighted by Crippen LogP contribution is 2.58. The van der Waals surface area contributed by atoms with Gasteiger partial charge >= 0.3 is 0 Å². The summed E-state index contributed by atoms with van der Waals surface area (Å²) in [5.74, 6) is 0.716. The van der Waals surface area contributed by atoms with Crippen LogP contribution in [0.25, 0.3) is 55.8 Å². The first-order valence-corrected chi connectivity index (χ1v) is 16.1. The minimum absolute atomic E-state index is 0.459. The van der Waals surface area contributed by atoms with E-state index in [-0.39, 0.29) is 0 Å². The van der Waals surface area contributed by atoms with Gasteiger partial charge in [-0.1, -0.05) is 170 Å². The number of aromatic nitrogens is 2. The molecule has 0 spiro atoms. The lowest BCUT2D eigenvalue weighted by Crippen LogP contribution is -2.28. The van der Waals surface area contributed by atoms with E-state index in [1.165, 1.54) is 44.2 Å². The highest BCUT2D eigenvalue weighted by atomic mass is 14.9. The van der Waals surface area contributed by atoms with Gasteiger partial charge in [0.1, 0.15) is 0 Å². The number of hydrogen-bond acceptors (Lipinski definition) is 2. The van der Waals surface area contributed by atoms with E-state index >= 15 is 0 Å². The second-order valence-electron chi connectivity index (χ2n) is 12.1. The van der Waals surface area contributed by atoms with E-state index in [1.54, 1.807) is 0 Å². The van der Waals surface area contributed by atoms with Crippen molar-refractivity contribution in [1.29, 1.82) is 0 Å². The first-order valence-electron chi connectivity index (χ1n) is 16.1. The van der Waals surface area contributed by atoms with Gasteiger partial charge in [0.15, 0.2) is 5.82 Å². The molecule has 1 aromatic heterocycles. The van der Waals surface area contributed by atoms with Crippen molar-refractivity contribution in [3.05, 3.63) is 204 Å². The molecule has 2 heteroatoms. The van der Waals surface area contributed by atoms with Gasteiger partial charge < -0.3 is 0 Å². The van der Waals surface area contributed by atoms with Crippen molar-refractivity contribution in [2.24, 2.45) is 0 Å². The van der Waals surface area contributed by atoms with E-state index in [4.69, 9.17) is 9.97 Å². The molecule has 0 N–H and O–H groups in total. The average Bonchev–Trinajstić information content (AvgIpc) is 3.47. The quantitative estimate of drug-likeness (QED) is 0.197. The van der Waals surface area contributed by atoms with Crippen LogP contribution in [0.3, 0.4) is 0 Å². The molecule has 0 atom stereocenters. The van der Waals surface area contributed by atoms with E-state index < -0.39 is 5.41 Å². The topological polar surface area (TPSA) is 25.8 Å². The number of fused-ring (bicyclic) bond motifs is 5. The molecule has 1 aliphatic carbocycles. The molecule has 8 aromatic rings. The number of rotatable bonds is 5. The zero-order valence-corrected chi connectivity index (χ0v) is 25.7. The Morgan fingerprint density at radius 2 is 0.915 bits per heavy atom. The van der Waals surface area contributed by atoms with Gasteiger partial charge in [0.25, 0.3) is 0 Å². The molecule has 0 aliphatic heterocycles. The fraction of sp³-hybridized carbons (Fsp3) is 0.0222. The molecule has 0 amide bonds. The summed E-state index contributed by atoms with van der Waals surface area (Å²) in [5.41, 5.74) is 12.2. The monoisotopic (exact) mass is 598 g/mol. The Kier molecular flexibility index (Phi) is 6.39. The maximum atomic E-state index is 5.12. The highest BCUT2D eigenvalue weighted by Gasteiger charge is 2.46. The molecule has 0 unspecified atom stereocenters. The Balaban J connectivity index is 1.30. The predicted molar refractivity (Wildman–Crippen MR) is 193 cm³/mol. The molecule has 1 heterocycles. The molecular formula is C45H30N2. The zero-order valence-electron chi connectivity index (χ0n) is 25.7. The maximum Gasteiger partial charge on any atom is 0.160 e. The largest absolute Gasteiger partial charge is 0.228 e. The highest BCUT2D eigenvalue weighted by molar-refractivity contribution is 6.01. The molecule has 0 saturated heterocycles. The molecule has 220 valence electrons. The third kappa shape index (κ3) is 4.34. The third-order valence-corrected chi connectivity index (χ3v) is 9.55. The van der Waals surface area contributed by atoms with Gasteiger partial charge in [0.2, 0.25) is 0 Å². The Labute approximate surface area is 274 Å². The van der Waals surface area contributed by atoms with Crippen LogP contribution in [-0.2, 0) is 5.41 Å². The van der Waals surface area contributed by atoms with Gasteiger partial charge in [-0.2, -0.15) is 0 Å². The lowest BCUT2D eigenvalue weighted by Gasteiger charge is -2.34. The van der Waals surface area contributed by atoms with Crippen molar-refractivity contribution in [3.63, 3.8) is 0 Å². The first kappa shape index (κ1) is 27.2. The van der Waals surface area contributed by atoms with Gasteiger partial charge in [-0.05, 0) is 56.3 Å². The van der Waals surface area contributed by atoms with Crippen LogP contribution >= 0.6 is 0 Å². The average molecular weight is 599 g/mol. The lowest BCUT2D eigenvalue weighted by molar-refractivity contribution is 0.775. The molecule has 0 bridgehead atoms. The van der Waals surface area contributed by atoms with E-state index in [0.717, 1.165) is 28.1 Å². The standard InChI is InChI=1S/C45H30N2/c1-5-15-31(16-6-1)41-30-42(32-17-7-2-8-18-32)47-44(46-41)34-26-27-37-33(29-34)25-28-39-38-23-13-14-24-40(38)45(43(37)39,35-19-9-3-10-20-35)36-21-11-4-12-22-36/h1-30H. The molecule has 9 rings (SSSR count).